The summed E-state index contributed by atoms with van der Waals surface area (Å²) in [6.45, 7) is 13.4. The van der Waals surface area contributed by atoms with Gasteiger partial charge in [-0.15, -0.1) is 6.42 Å². The summed E-state index contributed by atoms with van der Waals surface area (Å²) in [5, 5.41) is 5.70. The third-order valence-electron chi connectivity index (χ3n) is 5.70. The summed E-state index contributed by atoms with van der Waals surface area (Å²) in [7, 11) is 0. The Balaban J connectivity index is 3.34. The molecule has 0 bridgehead atoms. The van der Waals surface area contributed by atoms with Crippen LogP contribution in [0.1, 0.15) is 104 Å². The molecule has 2 N–H and O–H groups in total. The lowest BCUT2D eigenvalue weighted by molar-refractivity contribution is -0.142. The Hall–Kier alpha value is -3.01. The molecule has 0 saturated heterocycles. The predicted molar refractivity (Wildman–Crippen MR) is 144 cm³/mol. The highest BCUT2D eigenvalue weighted by molar-refractivity contribution is 5.92. The first-order valence-electron chi connectivity index (χ1n) is 13.1. The topological polar surface area (TPSA) is 87.7 Å². The van der Waals surface area contributed by atoms with Gasteiger partial charge in [0.25, 0.3) is 0 Å². The van der Waals surface area contributed by atoms with E-state index in [1.165, 1.54) is 0 Å². The van der Waals surface area contributed by atoms with Gasteiger partial charge < -0.3 is 20.3 Å². The molecule has 3 unspecified atom stereocenters. The molecule has 3 amide bonds. The molecule has 0 aliphatic heterocycles. The molecule has 0 fully saturated rings. The molecule has 1 aromatic rings. The highest BCUT2D eigenvalue weighted by atomic mass is 16.6. The highest BCUT2D eigenvalue weighted by Crippen LogP contribution is 2.24. The lowest BCUT2D eigenvalue weighted by atomic mass is 10.00. The van der Waals surface area contributed by atoms with Gasteiger partial charge in [0.1, 0.15) is 17.7 Å². The van der Waals surface area contributed by atoms with Crippen molar-refractivity contribution >= 4 is 17.9 Å². The summed E-state index contributed by atoms with van der Waals surface area (Å²) in [5.74, 6) is 1.99. The van der Waals surface area contributed by atoms with Crippen molar-refractivity contribution in [3.05, 3.63) is 35.4 Å². The summed E-state index contributed by atoms with van der Waals surface area (Å²) >= 11 is 0. The van der Waals surface area contributed by atoms with E-state index in [2.05, 4.69) is 30.4 Å². The van der Waals surface area contributed by atoms with Crippen LogP contribution in [0.5, 0.6) is 0 Å². The second-order valence-electron chi connectivity index (χ2n) is 10.3. The summed E-state index contributed by atoms with van der Waals surface area (Å²) in [4.78, 5) is 41.2. The molecule has 0 saturated carbocycles. The van der Waals surface area contributed by atoms with Gasteiger partial charge in [0, 0.05) is 18.2 Å². The maximum Gasteiger partial charge on any atom is 0.408 e. The first-order chi connectivity index (χ1) is 16.9. The maximum atomic E-state index is 13.7. The molecule has 200 valence electrons. The van der Waals surface area contributed by atoms with Crippen molar-refractivity contribution in [3.8, 4) is 12.3 Å². The van der Waals surface area contributed by atoms with E-state index in [-0.39, 0.29) is 17.9 Å². The van der Waals surface area contributed by atoms with Gasteiger partial charge in [-0.3, -0.25) is 9.59 Å². The van der Waals surface area contributed by atoms with Gasteiger partial charge in [-0.05, 0) is 65.2 Å². The van der Waals surface area contributed by atoms with Crippen molar-refractivity contribution < 1.29 is 19.1 Å². The van der Waals surface area contributed by atoms with Gasteiger partial charge in [-0.1, -0.05) is 57.6 Å². The SMILES string of the molecule is C#Cc1ccc(C(C(=O)NC(C)CCC)N(CCCCCC)C(=O)C(C)NC(=O)OC(C)(C)C)cc1. The Morgan fingerprint density at radius 2 is 1.64 bits per heavy atom. The number of amides is 3. The number of hydrogen-bond donors (Lipinski definition) is 2. The highest BCUT2D eigenvalue weighted by Gasteiger charge is 2.34. The average molecular weight is 500 g/mol. The molecule has 0 radical (unpaired) electrons. The number of rotatable bonds is 13. The Kier molecular flexibility index (Phi) is 13.1. The fourth-order valence-electron chi connectivity index (χ4n) is 3.93. The summed E-state index contributed by atoms with van der Waals surface area (Å²) in [6, 6.07) is 5.36. The second-order valence-corrected chi connectivity index (χ2v) is 10.3. The van der Waals surface area contributed by atoms with Crippen LogP contribution in [0.2, 0.25) is 0 Å². The van der Waals surface area contributed by atoms with E-state index in [1.807, 2.05) is 6.92 Å². The van der Waals surface area contributed by atoms with Crippen LogP contribution in [-0.4, -0.2) is 47.0 Å². The molecule has 0 aliphatic carbocycles. The third kappa shape index (κ3) is 10.7. The zero-order valence-corrected chi connectivity index (χ0v) is 23.1. The van der Waals surface area contributed by atoms with Crippen LogP contribution in [0.25, 0.3) is 0 Å². The number of ether oxygens (including phenoxy) is 1. The zero-order chi connectivity index (χ0) is 27.3. The summed E-state index contributed by atoms with van der Waals surface area (Å²) in [6.07, 6.45) is 10.4. The van der Waals surface area contributed by atoms with Gasteiger partial charge in [0.2, 0.25) is 11.8 Å². The lowest BCUT2D eigenvalue weighted by Gasteiger charge is -2.34. The number of alkyl carbamates (subject to hydrolysis) is 1. The minimum atomic E-state index is -0.876. The van der Waals surface area contributed by atoms with Crippen LogP contribution in [0.15, 0.2) is 24.3 Å². The van der Waals surface area contributed by atoms with Crippen LogP contribution >= 0.6 is 0 Å². The Morgan fingerprint density at radius 3 is 2.17 bits per heavy atom. The predicted octanol–water partition coefficient (Wildman–Crippen LogP) is 5.34. The van der Waals surface area contributed by atoms with Crippen LogP contribution in [0.4, 0.5) is 4.79 Å². The Morgan fingerprint density at radius 1 is 1.00 bits per heavy atom. The van der Waals surface area contributed by atoms with Gasteiger partial charge in [0.05, 0.1) is 0 Å². The molecule has 0 aromatic heterocycles. The van der Waals surface area contributed by atoms with Crippen molar-refractivity contribution in [1.29, 1.82) is 0 Å². The first-order valence-corrected chi connectivity index (χ1v) is 13.1. The smallest absolute Gasteiger partial charge is 0.408 e. The number of nitrogens with one attached hydrogen (secondary N) is 2. The minimum absolute atomic E-state index is 0.0377. The van der Waals surface area contributed by atoms with Gasteiger partial charge in [0.15, 0.2) is 0 Å². The van der Waals surface area contributed by atoms with Crippen LogP contribution in [-0.2, 0) is 14.3 Å². The van der Waals surface area contributed by atoms with E-state index in [4.69, 9.17) is 11.2 Å². The molecule has 1 aromatic carbocycles. The molecule has 3 atom stereocenters. The van der Waals surface area contributed by atoms with E-state index in [1.54, 1.807) is 56.9 Å². The number of unbranched alkanes of at least 4 members (excludes halogenated alkanes) is 3. The minimum Gasteiger partial charge on any atom is -0.444 e. The molecular weight excluding hydrogens is 454 g/mol. The number of hydrogen-bond acceptors (Lipinski definition) is 4. The van der Waals surface area contributed by atoms with Crippen molar-refractivity contribution in [1.82, 2.24) is 15.5 Å². The van der Waals surface area contributed by atoms with E-state index in [9.17, 15) is 14.4 Å². The quantitative estimate of drug-likeness (QED) is 0.283. The standard InChI is InChI=1S/C29H45N3O4/c1-9-12-13-14-20-32(27(34)22(5)31-28(35)36-29(6,7)8)25(26(33)30-21(4)15-10-2)24-18-16-23(11-3)17-19-24/h3,16-19,21-22,25H,9-10,12-15,20H2,1-2,4-8H3,(H,30,33)(H,31,35). The average Bonchev–Trinajstić information content (AvgIpc) is 2.79. The number of carbonyl (C=O) groups is 3. The van der Waals surface area contributed by atoms with E-state index in [0.717, 1.165) is 38.5 Å². The normalized spacial score (nSPS) is 13.6. The van der Waals surface area contributed by atoms with E-state index in [0.29, 0.717) is 17.7 Å². The number of nitrogens with zero attached hydrogens (tertiary/aromatic N) is 1. The number of benzene rings is 1. The van der Waals surface area contributed by atoms with Crippen molar-refractivity contribution in [2.45, 2.75) is 111 Å². The fourth-order valence-corrected chi connectivity index (χ4v) is 3.93. The van der Waals surface area contributed by atoms with Crippen LogP contribution < -0.4 is 10.6 Å². The van der Waals surface area contributed by atoms with E-state index >= 15 is 0 Å². The molecule has 7 nitrogen and oxygen atoms in total. The summed E-state index contributed by atoms with van der Waals surface area (Å²) in [5.41, 5.74) is 0.671. The molecule has 36 heavy (non-hydrogen) atoms. The van der Waals surface area contributed by atoms with Crippen molar-refractivity contribution in [3.63, 3.8) is 0 Å². The first kappa shape index (κ1) is 31.0. The second kappa shape index (κ2) is 15.2. The number of terminal acetylenes is 1. The van der Waals surface area contributed by atoms with Crippen LogP contribution in [0.3, 0.4) is 0 Å². The fraction of sp³-hybridized carbons (Fsp3) is 0.621. The number of carbonyl (C=O) groups excluding carboxylic acids is 3. The third-order valence-corrected chi connectivity index (χ3v) is 5.70. The van der Waals surface area contributed by atoms with Gasteiger partial charge >= 0.3 is 6.09 Å². The van der Waals surface area contributed by atoms with Crippen molar-refractivity contribution in [2.24, 2.45) is 0 Å². The van der Waals surface area contributed by atoms with Gasteiger partial charge in [-0.25, -0.2) is 4.79 Å². The summed E-state index contributed by atoms with van der Waals surface area (Å²) < 4.78 is 5.33. The molecule has 0 aliphatic rings. The zero-order valence-electron chi connectivity index (χ0n) is 23.1. The maximum absolute atomic E-state index is 13.7. The molecule has 1 rings (SSSR count). The molecular formula is C29H45N3O4. The largest absolute Gasteiger partial charge is 0.444 e. The molecule has 0 heterocycles. The lowest BCUT2D eigenvalue weighted by Crippen LogP contribution is -2.52. The molecule has 7 heteroatoms. The van der Waals surface area contributed by atoms with E-state index < -0.39 is 23.8 Å². The molecule has 0 spiro atoms. The van der Waals surface area contributed by atoms with Crippen LogP contribution in [0, 0.1) is 12.3 Å². The Bertz CT molecular complexity index is 883. The monoisotopic (exact) mass is 499 g/mol. The van der Waals surface area contributed by atoms with Gasteiger partial charge in [-0.2, -0.15) is 0 Å². The van der Waals surface area contributed by atoms with Crippen molar-refractivity contribution in [2.75, 3.05) is 6.54 Å². The Labute approximate surface area is 217 Å².